The van der Waals surface area contributed by atoms with Crippen molar-refractivity contribution in [1.82, 2.24) is 0 Å². The zero-order valence-corrected chi connectivity index (χ0v) is 17.6. The van der Waals surface area contributed by atoms with Crippen LogP contribution in [0.2, 0.25) is 0 Å². The number of hydrogen-bond donors (Lipinski definition) is 1. The molecule has 0 aromatic heterocycles. The van der Waals surface area contributed by atoms with Crippen LogP contribution < -0.4 is 4.90 Å². The van der Waals surface area contributed by atoms with Crippen LogP contribution in [0, 0.1) is 0 Å². The standard InChI is InChI=1S/C25H33NO2/c1-25(2,3)22-12-8-19(9-13-22)16-26(17-24(18-27)28-4)23-14-10-21(11-15-23)20-6-5-7-20/h8-15,18,20,27H,5-7,16-17H2,1-4H3/b24-18+. The van der Waals surface area contributed by atoms with Gasteiger partial charge in [0.2, 0.25) is 0 Å². The number of nitrogens with zero attached hydrogens (tertiary/aromatic N) is 1. The van der Waals surface area contributed by atoms with Crippen LogP contribution >= 0.6 is 0 Å². The molecule has 0 saturated heterocycles. The zero-order valence-electron chi connectivity index (χ0n) is 17.6. The van der Waals surface area contributed by atoms with Gasteiger partial charge >= 0.3 is 0 Å². The van der Waals surface area contributed by atoms with Gasteiger partial charge in [0.1, 0.15) is 12.0 Å². The molecule has 2 aromatic carbocycles. The van der Waals surface area contributed by atoms with E-state index in [1.807, 2.05) is 0 Å². The predicted octanol–water partition coefficient (Wildman–Crippen LogP) is 6.30. The van der Waals surface area contributed by atoms with Crippen LogP contribution in [0.25, 0.3) is 0 Å². The highest BCUT2D eigenvalue weighted by Crippen LogP contribution is 2.37. The number of rotatable bonds is 7. The first-order valence-electron chi connectivity index (χ1n) is 10.2. The van der Waals surface area contributed by atoms with Crippen molar-refractivity contribution in [2.75, 3.05) is 18.6 Å². The average Bonchev–Trinajstić information content (AvgIpc) is 2.64. The third kappa shape index (κ3) is 4.89. The van der Waals surface area contributed by atoms with Crippen molar-refractivity contribution in [3.63, 3.8) is 0 Å². The Kier molecular flexibility index (Phi) is 6.33. The number of benzene rings is 2. The molecule has 0 radical (unpaired) electrons. The first-order chi connectivity index (χ1) is 13.4. The molecular formula is C25H33NO2. The summed E-state index contributed by atoms with van der Waals surface area (Å²) in [5.41, 5.74) is 5.30. The van der Waals surface area contributed by atoms with Crippen molar-refractivity contribution in [1.29, 1.82) is 0 Å². The smallest absolute Gasteiger partial charge is 0.149 e. The molecule has 3 rings (SSSR count). The molecule has 0 unspecified atom stereocenters. The Morgan fingerprint density at radius 2 is 1.71 bits per heavy atom. The van der Waals surface area contributed by atoms with E-state index in [2.05, 4.69) is 74.2 Å². The number of aliphatic hydroxyl groups is 1. The van der Waals surface area contributed by atoms with E-state index < -0.39 is 0 Å². The van der Waals surface area contributed by atoms with E-state index in [9.17, 15) is 5.11 Å². The number of ether oxygens (including phenoxy) is 1. The highest BCUT2D eigenvalue weighted by Gasteiger charge is 2.20. The Hall–Kier alpha value is -2.42. The second kappa shape index (κ2) is 8.72. The second-order valence-corrected chi connectivity index (χ2v) is 8.82. The zero-order chi connectivity index (χ0) is 20.1. The molecule has 0 bridgehead atoms. The summed E-state index contributed by atoms with van der Waals surface area (Å²) in [6.07, 6.45) is 5.02. The minimum absolute atomic E-state index is 0.151. The maximum atomic E-state index is 9.46. The maximum absolute atomic E-state index is 9.46. The van der Waals surface area contributed by atoms with Gasteiger partial charge in [0.05, 0.1) is 13.7 Å². The summed E-state index contributed by atoms with van der Waals surface area (Å²) in [4.78, 5) is 2.24. The molecule has 0 atom stereocenters. The fourth-order valence-electron chi connectivity index (χ4n) is 3.61. The summed E-state index contributed by atoms with van der Waals surface area (Å²) in [6.45, 7) is 7.98. The van der Waals surface area contributed by atoms with Crippen molar-refractivity contribution >= 4 is 5.69 Å². The molecule has 0 heterocycles. The Bertz CT molecular complexity index is 781. The van der Waals surface area contributed by atoms with Gasteiger partial charge in [-0.05, 0) is 53.0 Å². The molecule has 1 aliphatic carbocycles. The molecule has 0 spiro atoms. The van der Waals surface area contributed by atoms with Gasteiger partial charge in [0.25, 0.3) is 0 Å². The predicted molar refractivity (Wildman–Crippen MR) is 117 cm³/mol. The molecular weight excluding hydrogens is 346 g/mol. The van der Waals surface area contributed by atoms with Crippen LogP contribution in [0.5, 0.6) is 0 Å². The maximum Gasteiger partial charge on any atom is 0.149 e. The number of aliphatic hydroxyl groups excluding tert-OH is 1. The highest BCUT2D eigenvalue weighted by atomic mass is 16.5. The van der Waals surface area contributed by atoms with E-state index in [4.69, 9.17) is 4.74 Å². The van der Waals surface area contributed by atoms with Gasteiger partial charge < -0.3 is 14.7 Å². The molecule has 3 nitrogen and oxygen atoms in total. The number of methoxy groups -OCH3 is 1. The molecule has 2 aromatic rings. The van der Waals surface area contributed by atoms with E-state index in [0.29, 0.717) is 12.3 Å². The molecule has 150 valence electrons. The van der Waals surface area contributed by atoms with Gasteiger partial charge in [-0.15, -0.1) is 0 Å². The lowest BCUT2D eigenvalue weighted by atomic mass is 9.80. The van der Waals surface area contributed by atoms with Gasteiger partial charge in [0, 0.05) is 12.2 Å². The number of hydrogen-bond acceptors (Lipinski definition) is 3. The third-order valence-corrected chi connectivity index (χ3v) is 5.78. The first-order valence-corrected chi connectivity index (χ1v) is 10.2. The molecule has 28 heavy (non-hydrogen) atoms. The normalized spacial score (nSPS) is 15.2. The summed E-state index contributed by atoms with van der Waals surface area (Å²) in [5, 5.41) is 9.46. The lowest BCUT2D eigenvalue weighted by Crippen LogP contribution is -2.26. The van der Waals surface area contributed by atoms with Crippen molar-refractivity contribution in [2.45, 2.75) is 57.9 Å². The molecule has 3 heteroatoms. The van der Waals surface area contributed by atoms with Crippen molar-refractivity contribution in [3.05, 3.63) is 77.2 Å². The van der Waals surface area contributed by atoms with Gasteiger partial charge in [-0.2, -0.15) is 0 Å². The molecule has 0 aliphatic heterocycles. The van der Waals surface area contributed by atoms with Crippen LogP contribution in [0.4, 0.5) is 5.69 Å². The largest absolute Gasteiger partial charge is 0.512 e. The van der Waals surface area contributed by atoms with E-state index in [1.165, 1.54) is 36.0 Å². The average molecular weight is 380 g/mol. The summed E-state index contributed by atoms with van der Waals surface area (Å²) >= 11 is 0. The highest BCUT2D eigenvalue weighted by molar-refractivity contribution is 5.50. The molecule has 1 N–H and O–H groups in total. The first kappa shape index (κ1) is 20.3. The lowest BCUT2D eigenvalue weighted by molar-refractivity contribution is 0.264. The van der Waals surface area contributed by atoms with Crippen molar-refractivity contribution < 1.29 is 9.84 Å². The monoisotopic (exact) mass is 379 g/mol. The number of anilines is 1. The Balaban J connectivity index is 1.80. The van der Waals surface area contributed by atoms with Crippen LogP contribution in [0.15, 0.2) is 60.6 Å². The van der Waals surface area contributed by atoms with E-state index in [1.54, 1.807) is 7.11 Å². The quantitative estimate of drug-likeness (QED) is 0.573. The third-order valence-electron chi connectivity index (χ3n) is 5.78. The molecule has 1 saturated carbocycles. The van der Waals surface area contributed by atoms with Gasteiger partial charge in [-0.3, -0.25) is 0 Å². The fourth-order valence-corrected chi connectivity index (χ4v) is 3.61. The van der Waals surface area contributed by atoms with Crippen molar-refractivity contribution in [3.8, 4) is 0 Å². The summed E-state index contributed by atoms with van der Waals surface area (Å²) < 4.78 is 5.31. The van der Waals surface area contributed by atoms with Crippen molar-refractivity contribution in [2.24, 2.45) is 0 Å². The SMILES string of the molecule is CO/C(=C/O)CN(Cc1ccc(C(C)(C)C)cc1)c1ccc(C2CCC2)cc1. The van der Waals surface area contributed by atoms with Crippen LogP contribution in [0.3, 0.4) is 0 Å². The van der Waals surface area contributed by atoms with Gasteiger partial charge in [0.15, 0.2) is 0 Å². The van der Waals surface area contributed by atoms with E-state index in [-0.39, 0.29) is 5.41 Å². The minimum atomic E-state index is 0.151. The Morgan fingerprint density at radius 3 is 2.18 bits per heavy atom. The summed E-state index contributed by atoms with van der Waals surface area (Å²) in [7, 11) is 1.60. The summed E-state index contributed by atoms with van der Waals surface area (Å²) in [5.74, 6) is 1.29. The second-order valence-electron chi connectivity index (χ2n) is 8.82. The Morgan fingerprint density at radius 1 is 1.07 bits per heavy atom. The van der Waals surface area contributed by atoms with Gasteiger partial charge in [-0.1, -0.05) is 63.6 Å². The van der Waals surface area contributed by atoms with Crippen LogP contribution in [-0.2, 0) is 16.7 Å². The van der Waals surface area contributed by atoms with Gasteiger partial charge in [-0.25, -0.2) is 0 Å². The topological polar surface area (TPSA) is 32.7 Å². The van der Waals surface area contributed by atoms with Crippen LogP contribution in [0.1, 0.15) is 62.6 Å². The minimum Gasteiger partial charge on any atom is -0.512 e. The van der Waals surface area contributed by atoms with E-state index in [0.717, 1.165) is 24.4 Å². The molecule has 1 aliphatic rings. The lowest BCUT2D eigenvalue weighted by Gasteiger charge is -2.28. The Labute approximate surface area is 169 Å². The molecule has 1 fully saturated rings. The van der Waals surface area contributed by atoms with Crippen LogP contribution in [-0.4, -0.2) is 18.8 Å². The fraction of sp³-hybridized carbons (Fsp3) is 0.440. The van der Waals surface area contributed by atoms with E-state index >= 15 is 0 Å². The molecule has 0 amide bonds. The summed E-state index contributed by atoms with van der Waals surface area (Å²) in [6, 6.07) is 17.7.